The molecule has 0 fully saturated rings. The summed E-state index contributed by atoms with van der Waals surface area (Å²) >= 11 is 0. The Bertz CT molecular complexity index is 437. The predicted molar refractivity (Wildman–Crippen MR) is 65.8 cm³/mol. The maximum atomic E-state index is 13.1. The fraction of sp³-hybridized carbons (Fsp3) is 0.462. The lowest BCUT2D eigenvalue weighted by molar-refractivity contribution is -0.133. The third-order valence-electron chi connectivity index (χ3n) is 3.11. The van der Waals surface area contributed by atoms with Gasteiger partial charge in [0.2, 0.25) is 5.91 Å². The van der Waals surface area contributed by atoms with Gasteiger partial charge in [0.1, 0.15) is 0 Å². The first-order valence-electron chi connectivity index (χ1n) is 5.85. The Hall–Kier alpha value is -1.49. The quantitative estimate of drug-likeness (QED) is 0.897. The van der Waals surface area contributed by atoms with Gasteiger partial charge in [-0.1, -0.05) is 13.0 Å². The molecule has 0 spiro atoms. The van der Waals surface area contributed by atoms with E-state index in [0.717, 1.165) is 12.1 Å². The van der Waals surface area contributed by atoms with Crippen molar-refractivity contribution < 1.29 is 13.6 Å². The molecule has 0 aliphatic carbocycles. The van der Waals surface area contributed by atoms with E-state index in [4.69, 9.17) is 5.73 Å². The van der Waals surface area contributed by atoms with E-state index in [9.17, 15) is 13.6 Å². The van der Waals surface area contributed by atoms with Crippen LogP contribution in [0.3, 0.4) is 0 Å². The fourth-order valence-electron chi connectivity index (χ4n) is 1.62. The summed E-state index contributed by atoms with van der Waals surface area (Å²) in [6, 6.07) is 2.69. The molecule has 1 aromatic carbocycles. The van der Waals surface area contributed by atoms with Crippen LogP contribution in [0.15, 0.2) is 18.2 Å². The highest BCUT2D eigenvalue weighted by Gasteiger charge is 2.22. The number of hydrogen-bond donors (Lipinski definition) is 1. The summed E-state index contributed by atoms with van der Waals surface area (Å²) in [6.45, 7) is 3.56. The van der Waals surface area contributed by atoms with E-state index in [2.05, 4.69) is 0 Å². The highest BCUT2D eigenvalue weighted by atomic mass is 19.2. The third-order valence-corrected chi connectivity index (χ3v) is 3.11. The topological polar surface area (TPSA) is 46.3 Å². The molecule has 1 aromatic rings. The highest BCUT2D eigenvalue weighted by Crippen LogP contribution is 2.21. The summed E-state index contributed by atoms with van der Waals surface area (Å²) in [5, 5.41) is 0. The van der Waals surface area contributed by atoms with Gasteiger partial charge in [-0.25, -0.2) is 8.78 Å². The number of halogens is 2. The molecule has 0 aliphatic heterocycles. The van der Waals surface area contributed by atoms with Crippen molar-refractivity contribution >= 4 is 5.91 Å². The zero-order valence-electron chi connectivity index (χ0n) is 10.8. The number of hydrogen-bond acceptors (Lipinski definition) is 2. The van der Waals surface area contributed by atoms with Gasteiger partial charge in [0.15, 0.2) is 11.6 Å². The standard InChI is InChI=1S/C13H18F2N2O/c1-4-12(16)13(18)17(3)8(2)9-5-6-10(14)11(15)7-9/h5-8,12H,4,16H2,1-3H3/t8?,12-/m1/s1. The number of carbonyl (C=O) groups is 1. The van der Waals surface area contributed by atoms with Crippen molar-refractivity contribution in [3.63, 3.8) is 0 Å². The molecule has 5 heteroatoms. The molecule has 0 radical (unpaired) electrons. The normalized spacial score (nSPS) is 14.1. The van der Waals surface area contributed by atoms with Crippen LogP contribution in [0.25, 0.3) is 0 Å². The van der Waals surface area contributed by atoms with Crippen LogP contribution in [0, 0.1) is 11.6 Å². The fourth-order valence-corrected chi connectivity index (χ4v) is 1.62. The van der Waals surface area contributed by atoms with Gasteiger partial charge in [-0.2, -0.15) is 0 Å². The van der Waals surface area contributed by atoms with Crippen LogP contribution in [-0.2, 0) is 4.79 Å². The summed E-state index contributed by atoms with van der Waals surface area (Å²) in [7, 11) is 1.60. The Morgan fingerprint density at radius 1 is 1.39 bits per heavy atom. The first-order chi connectivity index (χ1) is 8.38. The smallest absolute Gasteiger partial charge is 0.239 e. The van der Waals surface area contributed by atoms with Crippen molar-refractivity contribution in [3.05, 3.63) is 35.4 Å². The van der Waals surface area contributed by atoms with Gasteiger partial charge in [-0.3, -0.25) is 4.79 Å². The molecule has 0 aromatic heterocycles. The molecule has 1 rings (SSSR count). The molecule has 18 heavy (non-hydrogen) atoms. The second kappa shape index (κ2) is 5.91. The van der Waals surface area contributed by atoms with Gasteiger partial charge in [0.05, 0.1) is 12.1 Å². The van der Waals surface area contributed by atoms with Gasteiger partial charge in [0.25, 0.3) is 0 Å². The van der Waals surface area contributed by atoms with Crippen LogP contribution in [0.5, 0.6) is 0 Å². The first-order valence-corrected chi connectivity index (χ1v) is 5.85. The van der Waals surface area contributed by atoms with E-state index < -0.39 is 17.7 Å². The first kappa shape index (κ1) is 14.6. The average molecular weight is 256 g/mol. The third kappa shape index (κ3) is 3.04. The largest absolute Gasteiger partial charge is 0.338 e. The van der Waals surface area contributed by atoms with Gasteiger partial charge < -0.3 is 10.6 Å². The van der Waals surface area contributed by atoms with Crippen molar-refractivity contribution in [2.24, 2.45) is 5.73 Å². The molecule has 1 amide bonds. The lowest BCUT2D eigenvalue weighted by atomic mass is 10.1. The minimum absolute atomic E-state index is 0.213. The molecule has 1 unspecified atom stereocenters. The molecule has 0 saturated heterocycles. The SMILES string of the molecule is CC[C@@H](N)C(=O)N(C)C(C)c1ccc(F)c(F)c1. The van der Waals surface area contributed by atoms with Gasteiger partial charge >= 0.3 is 0 Å². The Morgan fingerprint density at radius 2 is 2.00 bits per heavy atom. The van der Waals surface area contributed by atoms with Crippen molar-refractivity contribution in [3.8, 4) is 0 Å². The van der Waals surface area contributed by atoms with Crippen molar-refractivity contribution in [2.45, 2.75) is 32.4 Å². The molecule has 100 valence electrons. The van der Waals surface area contributed by atoms with Crippen LogP contribution in [0.2, 0.25) is 0 Å². The zero-order valence-corrected chi connectivity index (χ0v) is 10.8. The van der Waals surface area contributed by atoms with Crippen molar-refractivity contribution in [2.75, 3.05) is 7.05 Å². The minimum atomic E-state index is -0.917. The zero-order chi connectivity index (χ0) is 13.9. The second-order valence-electron chi connectivity index (χ2n) is 4.31. The van der Waals surface area contributed by atoms with E-state index >= 15 is 0 Å². The second-order valence-corrected chi connectivity index (χ2v) is 4.31. The van der Waals surface area contributed by atoms with E-state index in [-0.39, 0.29) is 11.9 Å². The molecular weight excluding hydrogens is 238 g/mol. The summed E-state index contributed by atoms with van der Waals surface area (Å²) in [6.07, 6.45) is 0.535. The molecule has 2 N–H and O–H groups in total. The van der Waals surface area contributed by atoms with Crippen LogP contribution in [-0.4, -0.2) is 23.9 Å². The molecule has 0 aliphatic rings. The summed E-state index contributed by atoms with van der Waals surface area (Å²) in [5.41, 5.74) is 6.20. The highest BCUT2D eigenvalue weighted by molar-refractivity contribution is 5.81. The lowest BCUT2D eigenvalue weighted by Crippen LogP contribution is -2.42. The van der Waals surface area contributed by atoms with Crippen molar-refractivity contribution in [1.82, 2.24) is 4.90 Å². The maximum Gasteiger partial charge on any atom is 0.239 e. The van der Waals surface area contributed by atoms with Crippen LogP contribution in [0.4, 0.5) is 8.78 Å². The summed E-state index contributed by atoms with van der Waals surface area (Å²) in [5.74, 6) is -2.03. The minimum Gasteiger partial charge on any atom is -0.338 e. The number of amides is 1. The molecular formula is C13H18F2N2O. The number of rotatable bonds is 4. The molecule has 0 heterocycles. The number of nitrogens with two attached hydrogens (primary N) is 1. The molecule has 3 nitrogen and oxygen atoms in total. The van der Waals surface area contributed by atoms with E-state index in [1.54, 1.807) is 14.0 Å². The van der Waals surface area contributed by atoms with Crippen LogP contribution < -0.4 is 5.73 Å². The Morgan fingerprint density at radius 3 is 2.50 bits per heavy atom. The summed E-state index contributed by atoms with van der Waals surface area (Å²) < 4.78 is 26.0. The van der Waals surface area contributed by atoms with Crippen LogP contribution >= 0.6 is 0 Å². The molecule has 2 atom stereocenters. The monoisotopic (exact) mass is 256 g/mol. The Balaban J connectivity index is 2.89. The average Bonchev–Trinajstić information content (AvgIpc) is 2.38. The summed E-state index contributed by atoms with van der Waals surface area (Å²) in [4.78, 5) is 13.3. The molecule has 0 bridgehead atoms. The van der Waals surface area contributed by atoms with E-state index in [0.29, 0.717) is 12.0 Å². The molecule has 0 saturated carbocycles. The van der Waals surface area contributed by atoms with Gasteiger partial charge in [0, 0.05) is 7.05 Å². The number of nitrogens with zero attached hydrogens (tertiary/aromatic N) is 1. The Labute approximate surface area is 106 Å². The maximum absolute atomic E-state index is 13.1. The lowest BCUT2D eigenvalue weighted by Gasteiger charge is -2.27. The van der Waals surface area contributed by atoms with Gasteiger partial charge in [-0.05, 0) is 31.0 Å². The Kier molecular flexibility index (Phi) is 4.78. The predicted octanol–water partition coefficient (Wildman–Crippen LogP) is 2.22. The van der Waals surface area contributed by atoms with E-state index in [1.807, 2.05) is 6.92 Å². The number of benzene rings is 1. The van der Waals surface area contributed by atoms with E-state index in [1.165, 1.54) is 11.0 Å². The number of carbonyl (C=O) groups excluding carboxylic acids is 1. The van der Waals surface area contributed by atoms with Crippen LogP contribution in [0.1, 0.15) is 31.9 Å². The van der Waals surface area contributed by atoms with Gasteiger partial charge in [-0.15, -0.1) is 0 Å². The van der Waals surface area contributed by atoms with Crippen molar-refractivity contribution in [1.29, 1.82) is 0 Å². The number of likely N-dealkylation sites (N-methyl/N-ethyl adjacent to an activating group) is 1.